The van der Waals surface area contributed by atoms with E-state index in [1.807, 2.05) is 24.3 Å². The lowest BCUT2D eigenvalue weighted by Crippen LogP contribution is -1.87. The molecule has 0 spiro atoms. The molecule has 0 saturated heterocycles. The van der Waals surface area contributed by atoms with Crippen molar-refractivity contribution in [3.8, 4) is 10.7 Å². The second-order valence-corrected chi connectivity index (χ2v) is 6.01. The Bertz CT molecular complexity index is 661. The Balaban J connectivity index is 2.22. The minimum absolute atomic E-state index is 0.562. The van der Waals surface area contributed by atoms with E-state index in [4.69, 9.17) is 11.6 Å². The number of hydrogen-bond acceptors (Lipinski definition) is 3. The van der Waals surface area contributed by atoms with Gasteiger partial charge in [0, 0.05) is 0 Å². The van der Waals surface area contributed by atoms with E-state index in [0.717, 1.165) is 14.3 Å². The van der Waals surface area contributed by atoms with Gasteiger partial charge in [0.05, 0.1) is 8.66 Å². The van der Waals surface area contributed by atoms with E-state index in [9.17, 15) is 0 Å². The molecule has 6 heteroatoms. The third kappa shape index (κ3) is 1.65. The lowest BCUT2D eigenvalue weighted by atomic mass is 10.4. The molecule has 0 fully saturated rings. The van der Waals surface area contributed by atoms with Crippen LogP contribution in [0.2, 0.25) is 5.15 Å². The van der Waals surface area contributed by atoms with Crippen LogP contribution in [0, 0.1) is 0 Å². The topological polar surface area (TPSA) is 30.2 Å². The highest BCUT2D eigenvalue weighted by Crippen LogP contribution is 2.29. The quantitative estimate of drug-likeness (QED) is 0.638. The second kappa shape index (κ2) is 3.84. The van der Waals surface area contributed by atoms with Crippen molar-refractivity contribution >= 4 is 44.5 Å². The van der Waals surface area contributed by atoms with Crippen LogP contribution in [0.4, 0.5) is 0 Å². The first-order chi connectivity index (χ1) is 7.74. The average Bonchev–Trinajstić information content (AvgIpc) is 2.84. The van der Waals surface area contributed by atoms with E-state index in [0.29, 0.717) is 11.0 Å². The first-order valence-corrected chi connectivity index (χ1v) is 6.50. The third-order valence-corrected chi connectivity index (χ3v) is 4.01. The van der Waals surface area contributed by atoms with E-state index in [1.54, 1.807) is 21.9 Å². The molecule has 0 aliphatic heterocycles. The van der Waals surface area contributed by atoms with Crippen LogP contribution in [-0.2, 0) is 0 Å². The van der Waals surface area contributed by atoms with E-state index in [2.05, 4.69) is 26.0 Å². The minimum atomic E-state index is 0.562. The lowest BCUT2D eigenvalue weighted by molar-refractivity contribution is 0.968. The molecule has 3 aromatic heterocycles. The first kappa shape index (κ1) is 10.3. The van der Waals surface area contributed by atoms with Gasteiger partial charge in [-0.2, -0.15) is 0 Å². The van der Waals surface area contributed by atoms with Crippen molar-refractivity contribution in [3.63, 3.8) is 0 Å². The van der Waals surface area contributed by atoms with Crippen molar-refractivity contribution in [1.82, 2.24) is 14.6 Å². The zero-order valence-corrected chi connectivity index (χ0v) is 11.1. The normalized spacial score (nSPS) is 11.1. The third-order valence-electron chi connectivity index (χ3n) is 2.11. The van der Waals surface area contributed by atoms with Gasteiger partial charge in [-0.1, -0.05) is 17.7 Å². The van der Waals surface area contributed by atoms with Gasteiger partial charge in [-0.15, -0.1) is 16.4 Å². The molecule has 80 valence electrons. The van der Waals surface area contributed by atoms with Crippen LogP contribution in [0.25, 0.3) is 16.3 Å². The van der Waals surface area contributed by atoms with Gasteiger partial charge in [0.2, 0.25) is 0 Å². The molecule has 0 atom stereocenters. The summed E-state index contributed by atoms with van der Waals surface area (Å²) in [6.45, 7) is 0. The second-order valence-electron chi connectivity index (χ2n) is 3.16. The molecule has 3 rings (SSSR count). The average molecular weight is 315 g/mol. The molecule has 3 nitrogen and oxygen atoms in total. The van der Waals surface area contributed by atoms with Crippen molar-refractivity contribution in [1.29, 1.82) is 0 Å². The summed E-state index contributed by atoms with van der Waals surface area (Å²) in [5, 5.41) is 4.92. The maximum atomic E-state index is 6.02. The van der Waals surface area contributed by atoms with Crippen LogP contribution in [-0.4, -0.2) is 14.6 Å². The van der Waals surface area contributed by atoms with Crippen molar-refractivity contribution in [2.24, 2.45) is 0 Å². The molecular formula is C10H5BrClN3S. The number of rotatable bonds is 1. The summed E-state index contributed by atoms with van der Waals surface area (Å²) < 4.78 is 2.69. The largest absolute Gasteiger partial charge is 0.206 e. The zero-order chi connectivity index (χ0) is 11.1. The fourth-order valence-corrected chi connectivity index (χ4v) is 2.92. The summed E-state index contributed by atoms with van der Waals surface area (Å²) in [4.78, 5) is 5.43. The summed E-state index contributed by atoms with van der Waals surface area (Å²) in [6, 6.07) is 9.49. The van der Waals surface area contributed by atoms with Gasteiger partial charge >= 0.3 is 0 Å². The minimum Gasteiger partial charge on any atom is -0.206 e. The summed E-state index contributed by atoms with van der Waals surface area (Å²) in [6.07, 6.45) is 0. The van der Waals surface area contributed by atoms with E-state index in [-0.39, 0.29) is 0 Å². The first-order valence-electron chi connectivity index (χ1n) is 4.51. The van der Waals surface area contributed by atoms with E-state index < -0.39 is 0 Å². The van der Waals surface area contributed by atoms with Gasteiger partial charge < -0.3 is 0 Å². The molecule has 0 aromatic carbocycles. The van der Waals surface area contributed by atoms with Crippen molar-refractivity contribution < 1.29 is 0 Å². The van der Waals surface area contributed by atoms with Gasteiger partial charge in [-0.05, 0) is 40.2 Å². The molecule has 0 aliphatic rings. The standard InChI is InChI=1S/C10H5BrClN3S/c11-7-5-4-6(16-7)10-13-9-3-1-2-8(12)15(9)14-10/h1-5H. The summed E-state index contributed by atoms with van der Waals surface area (Å²) in [5.41, 5.74) is 0.757. The summed E-state index contributed by atoms with van der Waals surface area (Å²) in [5.74, 6) is 0.698. The van der Waals surface area contributed by atoms with E-state index >= 15 is 0 Å². The molecule has 3 aromatic rings. The molecule has 0 amide bonds. The Kier molecular flexibility index (Phi) is 2.46. The Morgan fingerprint density at radius 2 is 2.12 bits per heavy atom. The molecule has 0 saturated carbocycles. The van der Waals surface area contributed by atoms with Crippen LogP contribution in [0.1, 0.15) is 0 Å². The fraction of sp³-hybridized carbons (Fsp3) is 0. The van der Waals surface area contributed by atoms with Crippen molar-refractivity contribution in [2.75, 3.05) is 0 Å². The predicted molar refractivity (Wildman–Crippen MR) is 69.0 cm³/mol. The van der Waals surface area contributed by atoms with Crippen LogP contribution in [0.3, 0.4) is 0 Å². The Labute approximate surface area is 109 Å². The monoisotopic (exact) mass is 313 g/mol. The van der Waals surface area contributed by atoms with Crippen molar-refractivity contribution in [2.45, 2.75) is 0 Å². The van der Waals surface area contributed by atoms with Gasteiger partial charge in [0.25, 0.3) is 0 Å². The van der Waals surface area contributed by atoms with Crippen LogP contribution >= 0.6 is 38.9 Å². The number of nitrogens with zero attached hydrogens (tertiary/aromatic N) is 3. The lowest BCUT2D eigenvalue weighted by Gasteiger charge is -1.91. The van der Waals surface area contributed by atoms with Crippen molar-refractivity contribution in [3.05, 3.63) is 39.3 Å². The molecular weight excluding hydrogens is 310 g/mol. The van der Waals surface area contributed by atoms with Crippen LogP contribution < -0.4 is 0 Å². The highest BCUT2D eigenvalue weighted by Gasteiger charge is 2.09. The Morgan fingerprint density at radius 3 is 2.81 bits per heavy atom. The number of halogens is 2. The molecule has 0 aliphatic carbocycles. The predicted octanol–water partition coefficient (Wildman–Crippen LogP) is 3.87. The zero-order valence-electron chi connectivity index (χ0n) is 7.89. The number of hydrogen-bond donors (Lipinski definition) is 0. The number of aromatic nitrogens is 3. The molecule has 0 N–H and O–H groups in total. The maximum Gasteiger partial charge on any atom is 0.192 e. The number of fused-ring (bicyclic) bond motifs is 1. The highest BCUT2D eigenvalue weighted by molar-refractivity contribution is 9.11. The SMILES string of the molecule is Clc1cccc2nc(-c3ccc(Br)s3)nn12. The molecule has 16 heavy (non-hydrogen) atoms. The number of thiophene rings is 1. The van der Waals surface area contributed by atoms with Crippen LogP contribution in [0.5, 0.6) is 0 Å². The maximum absolute atomic E-state index is 6.02. The molecule has 0 bridgehead atoms. The van der Waals surface area contributed by atoms with Gasteiger partial charge in [-0.25, -0.2) is 9.50 Å². The Hall–Kier alpha value is -0.910. The summed E-state index contributed by atoms with van der Waals surface area (Å²) in [7, 11) is 0. The number of pyridine rings is 1. The smallest absolute Gasteiger partial charge is 0.192 e. The molecule has 3 heterocycles. The van der Waals surface area contributed by atoms with E-state index in [1.165, 1.54) is 0 Å². The van der Waals surface area contributed by atoms with Gasteiger partial charge in [-0.3, -0.25) is 0 Å². The fourth-order valence-electron chi connectivity index (χ4n) is 1.41. The Morgan fingerprint density at radius 1 is 1.25 bits per heavy atom. The summed E-state index contributed by atoms with van der Waals surface area (Å²) >= 11 is 11.0. The van der Waals surface area contributed by atoms with Crippen LogP contribution in [0.15, 0.2) is 34.1 Å². The highest BCUT2D eigenvalue weighted by atomic mass is 79.9. The molecule has 0 unspecified atom stereocenters. The van der Waals surface area contributed by atoms with Gasteiger partial charge in [0.1, 0.15) is 5.15 Å². The molecule has 0 radical (unpaired) electrons. The van der Waals surface area contributed by atoms with Gasteiger partial charge in [0.15, 0.2) is 11.5 Å².